The number of carboxylic acid groups (broad SMARTS) is 3. The number of nitriles is 1. The minimum absolute atomic E-state index is 0.00732. The van der Waals surface area contributed by atoms with Crippen molar-refractivity contribution in [1.29, 1.82) is 5.26 Å². The summed E-state index contributed by atoms with van der Waals surface area (Å²) < 4.78 is 38.3. The Labute approximate surface area is 360 Å². The molecule has 4 aromatic rings. The van der Waals surface area contributed by atoms with Gasteiger partial charge in [0.05, 0.1) is 49.7 Å². The molecule has 1 aliphatic heterocycles. The molecule has 4 N–H and O–H groups in total. The number of nitrogens with zero attached hydrogens (tertiary/aromatic N) is 3. The van der Waals surface area contributed by atoms with Gasteiger partial charge in [0.15, 0.2) is 15.4 Å². The second-order valence-corrected chi connectivity index (χ2v) is 18.8. The first-order valence-electron chi connectivity index (χ1n) is 18.6. The molecule has 1 saturated heterocycles. The number of benzene rings is 4. The molecule has 14 nitrogen and oxygen atoms in total. The van der Waals surface area contributed by atoms with Crippen LogP contribution in [0.15, 0.2) is 82.6 Å². The molecular formula is C42H45Cl2N3O11S2. The van der Waals surface area contributed by atoms with Gasteiger partial charge in [-0.15, -0.1) is 0 Å². The number of piperidine rings is 1. The number of hydrogen-bond acceptors (Lipinski definition) is 10. The third kappa shape index (κ3) is 12.1. The van der Waals surface area contributed by atoms with Gasteiger partial charge in [0, 0.05) is 36.9 Å². The number of amides is 1. The van der Waals surface area contributed by atoms with Crippen LogP contribution in [0.2, 0.25) is 10.0 Å². The molecule has 0 saturated carbocycles. The number of likely N-dealkylation sites (tertiary alicyclic amines) is 1. The summed E-state index contributed by atoms with van der Waals surface area (Å²) in [4.78, 5) is 49.3. The van der Waals surface area contributed by atoms with Crippen LogP contribution in [0.4, 0.5) is 0 Å². The quantitative estimate of drug-likeness (QED) is 0.107. The Balaban J connectivity index is 0.000000526. The molecule has 1 aliphatic rings. The lowest BCUT2D eigenvalue weighted by molar-refractivity contribution is -0.170. The Bertz CT molecular complexity index is 2430. The Morgan fingerprint density at radius 1 is 0.950 bits per heavy atom. The van der Waals surface area contributed by atoms with Crippen LogP contribution in [0.5, 0.6) is 0 Å². The van der Waals surface area contributed by atoms with Gasteiger partial charge in [-0.25, -0.2) is 13.2 Å². The third-order valence-corrected chi connectivity index (χ3v) is 13.2. The van der Waals surface area contributed by atoms with Gasteiger partial charge in [-0.2, -0.15) is 5.26 Å². The summed E-state index contributed by atoms with van der Waals surface area (Å²) in [5.74, 6) is -5.28. The van der Waals surface area contributed by atoms with E-state index in [-0.39, 0.29) is 28.5 Å². The highest BCUT2D eigenvalue weighted by molar-refractivity contribution is 7.90. The molecule has 320 valence electrons. The van der Waals surface area contributed by atoms with E-state index in [1.165, 1.54) is 11.6 Å². The van der Waals surface area contributed by atoms with Crippen LogP contribution in [-0.2, 0) is 35.0 Å². The largest absolute Gasteiger partial charge is 0.481 e. The molecule has 0 aliphatic carbocycles. The molecular weight excluding hydrogens is 858 g/mol. The normalized spacial score (nSPS) is 14.6. The fraction of sp³-hybridized carbons (Fsp3) is 0.357. The maximum Gasteiger partial charge on any atom is 0.336 e. The molecule has 60 heavy (non-hydrogen) atoms. The first kappa shape index (κ1) is 47.8. The van der Waals surface area contributed by atoms with Crippen molar-refractivity contribution in [2.45, 2.75) is 59.3 Å². The predicted molar refractivity (Wildman–Crippen MR) is 227 cm³/mol. The lowest BCUT2D eigenvalue weighted by Crippen LogP contribution is -2.42. The number of aliphatic hydroxyl groups is 1. The van der Waals surface area contributed by atoms with Crippen LogP contribution in [0.3, 0.4) is 0 Å². The average Bonchev–Trinajstić information content (AvgIpc) is 3.18. The topological polar surface area (TPSA) is 231 Å². The Hall–Kier alpha value is -4.89. The lowest BCUT2D eigenvalue weighted by Gasteiger charge is -2.34. The van der Waals surface area contributed by atoms with Crippen molar-refractivity contribution in [3.05, 3.63) is 105 Å². The zero-order valence-corrected chi connectivity index (χ0v) is 36.2. The van der Waals surface area contributed by atoms with Crippen LogP contribution in [0.1, 0.15) is 71.0 Å². The Morgan fingerprint density at radius 2 is 1.55 bits per heavy atom. The van der Waals surface area contributed by atoms with Gasteiger partial charge < -0.3 is 30.2 Å². The third-order valence-electron chi connectivity index (χ3n) is 10.3. The Morgan fingerprint density at radius 3 is 2.10 bits per heavy atom. The summed E-state index contributed by atoms with van der Waals surface area (Å²) in [5, 5.41) is 45.6. The molecule has 0 unspecified atom stereocenters. The number of fused-ring (bicyclic) bond motifs is 1. The number of rotatable bonds is 15. The monoisotopic (exact) mass is 901 g/mol. The van der Waals surface area contributed by atoms with Gasteiger partial charge in [-0.3, -0.25) is 18.6 Å². The summed E-state index contributed by atoms with van der Waals surface area (Å²) in [6.45, 7) is 2.85. The van der Waals surface area contributed by atoms with Crippen molar-refractivity contribution in [3.8, 4) is 6.07 Å². The predicted octanol–water partition coefficient (Wildman–Crippen LogP) is 6.04. The van der Waals surface area contributed by atoms with E-state index >= 15 is 0 Å². The van der Waals surface area contributed by atoms with E-state index in [1.54, 1.807) is 48.5 Å². The van der Waals surface area contributed by atoms with E-state index in [2.05, 4.69) is 11.0 Å². The van der Waals surface area contributed by atoms with Crippen molar-refractivity contribution in [1.82, 2.24) is 9.80 Å². The summed E-state index contributed by atoms with van der Waals surface area (Å²) >= 11 is 12.7. The molecule has 1 heterocycles. The van der Waals surface area contributed by atoms with E-state index in [0.29, 0.717) is 33.2 Å². The number of carbonyl (C=O) groups excluding carboxylic acids is 1. The van der Waals surface area contributed by atoms with E-state index in [4.69, 9.17) is 43.6 Å². The minimum Gasteiger partial charge on any atom is -0.481 e. The van der Waals surface area contributed by atoms with Gasteiger partial charge in [0.1, 0.15) is 6.07 Å². The number of halogens is 2. The molecule has 1 fully saturated rings. The minimum atomic E-state index is -3.92. The maximum atomic E-state index is 14.2. The standard InChI is InChI=1S/C36H37Cl2N3O4S2.C6H8O7/c1-40(36(42)34-30-10-5-4-8-26(30)20-28(22-39)35(34)47(3,44)45)23-27(25-12-13-31(37)32(38)21-25)16-19-41-17-14-24(15-18-41)29-9-6-7-11-33(29)46(2)43;7-3(8)1-6(13,5(11)12)2-4(9)10/h4-13,20-21,24,27H,14-19,23H2,1-3H3;13H,1-2H2,(H,7,8)(H,9,10)(H,11,12)/t27-,46+;/m1./s1. The summed E-state index contributed by atoms with van der Waals surface area (Å²) in [6, 6.07) is 24.0. The number of aliphatic carboxylic acids is 3. The summed E-state index contributed by atoms with van der Waals surface area (Å²) in [5.41, 5.74) is -0.693. The SMILES string of the molecule is CN(C[C@@H](CCN1CCC(c2ccccc2[S@](C)=O)CC1)c1ccc(Cl)c(Cl)c1)C(=O)c1c(S(C)(=O)=O)c(C#N)cc2ccccc12.O=C(O)CC(O)(CC(=O)O)C(=O)O. The van der Waals surface area contributed by atoms with Gasteiger partial charge >= 0.3 is 17.9 Å². The lowest BCUT2D eigenvalue weighted by atomic mass is 9.88. The molecule has 0 spiro atoms. The van der Waals surface area contributed by atoms with Gasteiger partial charge in [-0.1, -0.05) is 71.7 Å². The van der Waals surface area contributed by atoms with E-state index in [1.807, 2.05) is 36.4 Å². The van der Waals surface area contributed by atoms with Crippen LogP contribution in [0, 0.1) is 11.3 Å². The van der Waals surface area contributed by atoms with Gasteiger partial charge in [0.2, 0.25) is 0 Å². The fourth-order valence-electron chi connectivity index (χ4n) is 7.34. The van der Waals surface area contributed by atoms with Crippen LogP contribution in [0.25, 0.3) is 10.8 Å². The van der Waals surface area contributed by atoms with Crippen LogP contribution < -0.4 is 0 Å². The molecule has 0 aromatic heterocycles. The van der Waals surface area contributed by atoms with Crippen molar-refractivity contribution in [2.24, 2.45) is 0 Å². The van der Waals surface area contributed by atoms with Crippen molar-refractivity contribution < 1.29 is 52.2 Å². The highest BCUT2D eigenvalue weighted by atomic mass is 35.5. The van der Waals surface area contributed by atoms with Gasteiger partial charge in [-0.05, 0) is 91.0 Å². The molecule has 0 bridgehead atoms. The molecule has 5 rings (SSSR count). The number of carboxylic acids is 3. The number of carbonyl (C=O) groups is 4. The van der Waals surface area contributed by atoms with E-state index < -0.39 is 62.9 Å². The highest BCUT2D eigenvalue weighted by Gasteiger charge is 2.41. The summed E-state index contributed by atoms with van der Waals surface area (Å²) in [7, 11) is -3.30. The molecule has 2 atom stereocenters. The number of sulfone groups is 1. The molecule has 1 amide bonds. The van der Waals surface area contributed by atoms with Crippen molar-refractivity contribution >= 4 is 78.4 Å². The first-order valence-corrected chi connectivity index (χ1v) is 22.8. The van der Waals surface area contributed by atoms with E-state index in [9.17, 15) is 37.1 Å². The number of hydrogen-bond donors (Lipinski definition) is 4. The summed E-state index contributed by atoms with van der Waals surface area (Å²) in [6.07, 6.45) is 3.10. The Kier molecular flexibility index (Phi) is 16.4. The molecule has 4 aromatic carbocycles. The van der Waals surface area contributed by atoms with Crippen LogP contribution >= 0.6 is 23.2 Å². The molecule has 0 radical (unpaired) electrons. The fourth-order valence-corrected chi connectivity index (χ4v) is 9.56. The second-order valence-electron chi connectivity index (χ2n) is 14.7. The zero-order valence-electron chi connectivity index (χ0n) is 33.0. The second kappa shape index (κ2) is 20.6. The average molecular weight is 903 g/mol. The molecule has 18 heteroatoms. The zero-order chi connectivity index (χ0) is 44.5. The van der Waals surface area contributed by atoms with Crippen molar-refractivity contribution in [2.75, 3.05) is 45.7 Å². The van der Waals surface area contributed by atoms with E-state index in [0.717, 1.165) is 49.2 Å². The maximum absolute atomic E-state index is 14.2. The smallest absolute Gasteiger partial charge is 0.336 e. The van der Waals surface area contributed by atoms with Crippen LogP contribution in [-0.4, -0.2) is 118 Å². The van der Waals surface area contributed by atoms with Crippen molar-refractivity contribution in [3.63, 3.8) is 0 Å². The van der Waals surface area contributed by atoms with Gasteiger partial charge in [0.25, 0.3) is 5.91 Å². The first-order chi connectivity index (χ1) is 28.2. The number of likely N-dealkylation sites (N-methyl/N-ethyl adjacent to an activating group) is 1. The highest BCUT2D eigenvalue weighted by Crippen LogP contribution is 2.35.